The van der Waals surface area contributed by atoms with Crippen molar-refractivity contribution < 1.29 is 27.3 Å². The van der Waals surface area contributed by atoms with Crippen LogP contribution in [0.4, 0.5) is 0 Å². The van der Waals surface area contributed by atoms with Crippen molar-refractivity contribution in [1.82, 2.24) is 10.2 Å². The van der Waals surface area contributed by atoms with Crippen LogP contribution in [0, 0.1) is 0 Å². The maximum atomic E-state index is 10.9. The van der Waals surface area contributed by atoms with Crippen LogP contribution in [0.2, 0.25) is 0 Å². The van der Waals surface area contributed by atoms with Crippen LogP contribution in [0.1, 0.15) is 27.7 Å². The summed E-state index contributed by atoms with van der Waals surface area (Å²) in [6.45, 7) is 13.1. The molecule has 0 aromatic heterocycles. The predicted molar refractivity (Wildman–Crippen MR) is 92.9 cm³/mol. The summed E-state index contributed by atoms with van der Waals surface area (Å²) in [6, 6.07) is 0. The minimum Gasteiger partial charge on any atom is -0.443 e. The molecule has 140 valence electrons. The number of hydrogen-bond donors (Lipinski definition) is 2. The molecule has 0 saturated heterocycles. The molecule has 9 heteroatoms. The van der Waals surface area contributed by atoms with E-state index in [0.717, 1.165) is 6.08 Å². The summed E-state index contributed by atoms with van der Waals surface area (Å²) in [5.74, 6) is -1.35. The largest absolute Gasteiger partial charge is 0.443 e. The highest BCUT2D eigenvalue weighted by Crippen LogP contribution is 2.05. The molecule has 0 aliphatic heterocycles. The Morgan fingerprint density at radius 1 is 1.38 bits per heavy atom. The molecule has 0 saturated carbocycles. The molecule has 2 N–H and O–H groups in total. The Bertz CT molecular complexity index is 567. The topological polar surface area (TPSA) is 113 Å². The van der Waals surface area contributed by atoms with Gasteiger partial charge in [0.2, 0.25) is 5.91 Å². The van der Waals surface area contributed by atoms with Crippen LogP contribution in [-0.4, -0.2) is 61.4 Å². The third-order valence-corrected chi connectivity index (χ3v) is 3.63. The fourth-order valence-electron chi connectivity index (χ4n) is 1.24. The molecule has 8 nitrogen and oxygen atoms in total. The first-order chi connectivity index (χ1) is 10.6. The van der Waals surface area contributed by atoms with Gasteiger partial charge in [-0.3, -0.25) is 14.2 Å². The number of nitrogens with zero attached hydrogens (tertiary/aromatic N) is 1. The van der Waals surface area contributed by atoms with Gasteiger partial charge < -0.3 is 10.1 Å². The van der Waals surface area contributed by atoms with Crippen molar-refractivity contribution >= 4 is 22.0 Å². The van der Waals surface area contributed by atoms with E-state index in [0.29, 0.717) is 5.57 Å². The van der Waals surface area contributed by atoms with E-state index in [1.807, 2.05) is 14.1 Å². The van der Waals surface area contributed by atoms with E-state index >= 15 is 0 Å². The molecule has 0 bridgehead atoms. The second-order valence-electron chi connectivity index (χ2n) is 6.05. The first kappa shape index (κ1) is 24.5. The van der Waals surface area contributed by atoms with E-state index in [4.69, 9.17) is 9.29 Å². The number of ether oxygens (including phenoxy) is 1. The van der Waals surface area contributed by atoms with Crippen LogP contribution >= 0.6 is 0 Å². The Hall–Kier alpha value is -1.71. The van der Waals surface area contributed by atoms with Gasteiger partial charge in [0.25, 0.3) is 10.1 Å². The molecule has 24 heavy (non-hydrogen) atoms. The van der Waals surface area contributed by atoms with Crippen LogP contribution in [0.3, 0.4) is 0 Å². The Labute approximate surface area is 144 Å². The predicted octanol–water partition coefficient (Wildman–Crippen LogP) is 0.968. The van der Waals surface area contributed by atoms with Crippen LogP contribution in [-0.2, 0) is 24.4 Å². The lowest BCUT2D eigenvalue weighted by atomic mass is 10.1. The van der Waals surface area contributed by atoms with E-state index < -0.39 is 27.3 Å². The van der Waals surface area contributed by atoms with Gasteiger partial charge in [0.1, 0.15) is 0 Å². The molecule has 0 spiro atoms. The average Bonchev–Trinajstić information content (AvgIpc) is 2.35. The molecule has 0 rings (SSSR count). The standard InChI is InChI=1S/C8H15NO2.C7H13NO4S/c1-6(2)8(10)11-7(3)9(4)5;1-4-6(9)8-7(2,3)5-13(10,11)12/h7H,1H2,2-5H3;4H,1,5H2,2-3H3,(H,8,9)(H,10,11,12). The normalized spacial score (nSPS) is 12.5. The molecule has 1 atom stereocenters. The molecule has 0 aromatic carbocycles. The Kier molecular flexibility index (Phi) is 10.4. The quantitative estimate of drug-likeness (QED) is 0.299. The smallest absolute Gasteiger partial charge is 0.334 e. The summed E-state index contributed by atoms with van der Waals surface area (Å²) in [4.78, 5) is 23.5. The molecule has 0 heterocycles. The van der Waals surface area contributed by atoms with Crippen molar-refractivity contribution in [3.63, 3.8) is 0 Å². The summed E-state index contributed by atoms with van der Waals surface area (Å²) in [7, 11) is -0.397. The highest BCUT2D eigenvalue weighted by atomic mass is 32.2. The summed E-state index contributed by atoms with van der Waals surface area (Å²) in [6.07, 6.45) is 0.838. The number of nitrogens with one attached hydrogen (secondary N) is 1. The molecular weight excluding hydrogens is 336 g/mol. The minimum atomic E-state index is -4.08. The van der Waals surface area contributed by atoms with Crippen molar-refractivity contribution in [2.45, 2.75) is 39.5 Å². The monoisotopic (exact) mass is 364 g/mol. The van der Waals surface area contributed by atoms with Gasteiger partial charge in [-0.05, 0) is 47.9 Å². The van der Waals surface area contributed by atoms with Gasteiger partial charge in [-0.15, -0.1) is 0 Å². The van der Waals surface area contributed by atoms with Crippen LogP contribution in [0.5, 0.6) is 0 Å². The number of carbonyl (C=O) groups is 2. The first-order valence-electron chi connectivity index (χ1n) is 7.04. The van der Waals surface area contributed by atoms with Crippen LogP contribution in [0.25, 0.3) is 0 Å². The molecule has 0 aliphatic rings. The molecule has 0 aliphatic carbocycles. The lowest BCUT2D eigenvalue weighted by Crippen LogP contribution is -2.47. The average molecular weight is 364 g/mol. The number of rotatable bonds is 7. The summed E-state index contributed by atoms with van der Waals surface area (Å²) in [5, 5.41) is 2.37. The Balaban J connectivity index is 0. The van der Waals surface area contributed by atoms with Gasteiger partial charge in [0.15, 0.2) is 6.23 Å². The van der Waals surface area contributed by atoms with E-state index in [9.17, 15) is 18.0 Å². The molecule has 0 radical (unpaired) electrons. The van der Waals surface area contributed by atoms with E-state index in [1.54, 1.807) is 18.7 Å². The van der Waals surface area contributed by atoms with Crippen molar-refractivity contribution in [2.24, 2.45) is 0 Å². The van der Waals surface area contributed by atoms with Gasteiger partial charge >= 0.3 is 5.97 Å². The van der Waals surface area contributed by atoms with Crippen molar-refractivity contribution in [3.8, 4) is 0 Å². The number of carbonyl (C=O) groups excluding carboxylic acids is 2. The maximum absolute atomic E-state index is 10.9. The SMILES string of the molecule is C=C(C)C(=O)OC(C)N(C)C.C=CC(=O)NC(C)(C)CS(=O)(=O)O. The summed E-state index contributed by atoms with van der Waals surface area (Å²) >= 11 is 0. The summed E-state index contributed by atoms with van der Waals surface area (Å²) in [5.41, 5.74) is -0.572. The van der Waals surface area contributed by atoms with Crippen LogP contribution < -0.4 is 5.32 Å². The van der Waals surface area contributed by atoms with E-state index in [1.165, 1.54) is 13.8 Å². The number of esters is 1. The number of amides is 1. The zero-order chi connectivity index (χ0) is 19.7. The molecule has 1 unspecified atom stereocenters. The number of hydrogen-bond acceptors (Lipinski definition) is 6. The lowest BCUT2D eigenvalue weighted by Gasteiger charge is -2.23. The third kappa shape index (κ3) is 13.9. The molecule has 1 amide bonds. The Morgan fingerprint density at radius 2 is 1.83 bits per heavy atom. The molecule has 0 aromatic rings. The van der Waals surface area contributed by atoms with Gasteiger partial charge in [-0.25, -0.2) is 4.79 Å². The lowest BCUT2D eigenvalue weighted by molar-refractivity contribution is -0.150. The van der Waals surface area contributed by atoms with E-state index in [-0.39, 0.29) is 12.2 Å². The van der Waals surface area contributed by atoms with Crippen molar-refractivity contribution in [1.29, 1.82) is 0 Å². The maximum Gasteiger partial charge on any atom is 0.334 e. The fourth-order valence-corrected chi connectivity index (χ4v) is 2.22. The highest BCUT2D eigenvalue weighted by molar-refractivity contribution is 7.85. The van der Waals surface area contributed by atoms with Gasteiger partial charge in [-0.2, -0.15) is 8.42 Å². The zero-order valence-corrected chi connectivity index (χ0v) is 15.9. The van der Waals surface area contributed by atoms with E-state index in [2.05, 4.69) is 18.5 Å². The van der Waals surface area contributed by atoms with Crippen molar-refractivity contribution in [2.75, 3.05) is 19.8 Å². The van der Waals surface area contributed by atoms with Gasteiger partial charge in [0.05, 0.1) is 11.3 Å². The van der Waals surface area contributed by atoms with Crippen LogP contribution in [0.15, 0.2) is 24.8 Å². The van der Waals surface area contributed by atoms with Gasteiger partial charge in [0, 0.05) is 5.57 Å². The molecule has 0 fully saturated rings. The zero-order valence-electron chi connectivity index (χ0n) is 15.1. The van der Waals surface area contributed by atoms with Gasteiger partial charge in [-0.1, -0.05) is 13.2 Å². The second kappa shape index (κ2) is 10.2. The van der Waals surface area contributed by atoms with Crippen molar-refractivity contribution in [3.05, 3.63) is 24.8 Å². The fraction of sp³-hybridized carbons (Fsp3) is 0.600. The third-order valence-electron chi connectivity index (χ3n) is 2.54. The second-order valence-corrected chi connectivity index (χ2v) is 7.50. The Morgan fingerprint density at radius 3 is 2.12 bits per heavy atom. The molecular formula is C15H28N2O6S. The first-order valence-corrected chi connectivity index (χ1v) is 8.65. The summed E-state index contributed by atoms with van der Waals surface area (Å²) < 4.78 is 34.5. The minimum absolute atomic E-state index is 0.195. The highest BCUT2D eigenvalue weighted by Gasteiger charge is 2.25.